The normalized spacial score (nSPS) is 10.2. The van der Waals surface area contributed by atoms with Crippen LogP contribution >= 0.6 is 0 Å². The summed E-state index contributed by atoms with van der Waals surface area (Å²) < 4.78 is 19.0. The van der Waals surface area contributed by atoms with Crippen LogP contribution in [0.1, 0.15) is 41.4 Å². The maximum atomic E-state index is 12.4. The molecule has 136 valence electrons. The van der Waals surface area contributed by atoms with Gasteiger partial charge >= 0.3 is 23.9 Å². The smallest absolute Gasteiger partial charge is 0.339 e. The highest BCUT2D eigenvalue weighted by Crippen LogP contribution is 2.33. The van der Waals surface area contributed by atoms with E-state index in [0.29, 0.717) is 0 Å². The van der Waals surface area contributed by atoms with E-state index in [2.05, 4.69) is 0 Å². The lowest BCUT2D eigenvalue weighted by Crippen LogP contribution is -2.23. The van der Waals surface area contributed by atoms with Crippen LogP contribution in [0.25, 0.3) is 10.8 Å². The number of rotatable bonds is 4. The Morgan fingerprint density at radius 2 is 0.808 bits per heavy atom. The fraction of sp³-hybridized carbons (Fsp3) is 0.222. The molecule has 8 nitrogen and oxygen atoms in total. The van der Waals surface area contributed by atoms with E-state index in [4.69, 9.17) is 18.9 Å². The van der Waals surface area contributed by atoms with Crippen molar-refractivity contribution in [1.29, 1.82) is 0 Å². The Balaban J connectivity index is 3.20. The molecule has 26 heavy (non-hydrogen) atoms. The highest BCUT2D eigenvalue weighted by Gasteiger charge is 2.35. The summed E-state index contributed by atoms with van der Waals surface area (Å²) in [6.07, 6.45) is 0. The fourth-order valence-electron chi connectivity index (χ4n) is 2.68. The largest absolute Gasteiger partial charge is 0.465 e. The number of hydrogen-bond donors (Lipinski definition) is 0. The molecule has 2 rings (SSSR count). The zero-order chi connectivity index (χ0) is 19.4. The average molecular weight is 360 g/mol. The molecule has 0 aliphatic rings. The lowest BCUT2D eigenvalue weighted by molar-refractivity contribution is 0.0523. The minimum absolute atomic E-state index is 0.206. The molecule has 0 atom stereocenters. The number of carbonyl (C=O) groups excluding carboxylic acids is 4. The fourth-order valence-corrected chi connectivity index (χ4v) is 2.68. The maximum absolute atomic E-state index is 12.4. The number of ether oxygens (including phenoxy) is 4. The van der Waals surface area contributed by atoms with E-state index in [0.717, 1.165) is 28.4 Å². The zero-order valence-corrected chi connectivity index (χ0v) is 14.6. The van der Waals surface area contributed by atoms with Gasteiger partial charge in [-0.2, -0.15) is 0 Å². The molecule has 0 saturated heterocycles. The monoisotopic (exact) mass is 360 g/mol. The Hall–Kier alpha value is -3.42. The summed E-state index contributed by atoms with van der Waals surface area (Å²) in [5.41, 5.74) is -1.26. The molecule has 0 radical (unpaired) electrons. The van der Waals surface area contributed by atoms with Crippen LogP contribution in [-0.4, -0.2) is 52.3 Å². The molecule has 8 heteroatoms. The highest BCUT2D eigenvalue weighted by atomic mass is 16.5. The standard InChI is InChI=1S/C18H16O8/c1-23-15(19)11-9-7-5-6-8-10(9)12(16(20)24-2)14(18(22)26-4)13(11)17(21)25-3/h5-8H,1-4H3. The van der Waals surface area contributed by atoms with Crippen molar-refractivity contribution in [3.05, 3.63) is 46.5 Å². The summed E-state index contributed by atoms with van der Waals surface area (Å²) in [6, 6.07) is 6.24. The molecule has 2 aromatic rings. The second-order valence-electron chi connectivity index (χ2n) is 5.01. The summed E-state index contributed by atoms with van der Waals surface area (Å²) in [4.78, 5) is 49.6. The Morgan fingerprint density at radius 3 is 1.08 bits per heavy atom. The molecule has 0 saturated carbocycles. The third kappa shape index (κ3) is 2.97. The van der Waals surface area contributed by atoms with Gasteiger partial charge in [-0.1, -0.05) is 24.3 Å². The predicted octanol–water partition coefficient (Wildman–Crippen LogP) is 1.99. The summed E-state index contributed by atoms with van der Waals surface area (Å²) in [6.45, 7) is 0. The van der Waals surface area contributed by atoms with E-state index in [-0.39, 0.29) is 21.9 Å². The molecule has 0 heterocycles. The number of benzene rings is 2. The third-order valence-electron chi connectivity index (χ3n) is 3.77. The topological polar surface area (TPSA) is 105 Å². The Bertz CT molecular complexity index is 839. The van der Waals surface area contributed by atoms with Gasteiger partial charge in [0, 0.05) is 0 Å². The molecule has 0 aliphatic carbocycles. The summed E-state index contributed by atoms with van der Waals surface area (Å²) in [5, 5.41) is 0.459. The molecule has 0 unspecified atom stereocenters. The van der Waals surface area contributed by atoms with E-state index >= 15 is 0 Å². The number of carbonyl (C=O) groups is 4. The molecular formula is C18H16O8. The Labute approximate surface area is 148 Å². The number of methoxy groups -OCH3 is 4. The van der Waals surface area contributed by atoms with Gasteiger partial charge in [-0.3, -0.25) is 0 Å². The van der Waals surface area contributed by atoms with Gasteiger partial charge in [0.05, 0.1) is 50.7 Å². The molecular weight excluding hydrogens is 344 g/mol. The van der Waals surface area contributed by atoms with Gasteiger partial charge in [-0.25, -0.2) is 19.2 Å². The first-order chi connectivity index (χ1) is 12.4. The van der Waals surface area contributed by atoms with E-state index in [1.54, 1.807) is 12.1 Å². The van der Waals surface area contributed by atoms with Crippen molar-refractivity contribution in [2.45, 2.75) is 0 Å². The van der Waals surface area contributed by atoms with Crippen LogP contribution in [0.3, 0.4) is 0 Å². The van der Waals surface area contributed by atoms with Crippen LogP contribution in [0.4, 0.5) is 0 Å². The van der Waals surface area contributed by atoms with E-state index in [1.807, 2.05) is 0 Å². The van der Waals surface area contributed by atoms with Gasteiger partial charge in [0.2, 0.25) is 0 Å². The van der Waals surface area contributed by atoms with Crippen molar-refractivity contribution in [3.63, 3.8) is 0 Å². The average Bonchev–Trinajstić information content (AvgIpc) is 2.69. The molecule has 0 amide bonds. The summed E-state index contributed by atoms with van der Waals surface area (Å²) in [5.74, 6) is -3.74. The van der Waals surface area contributed by atoms with Gasteiger partial charge in [-0.15, -0.1) is 0 Å². The van der Waals surface area contributed by atoms with Crippen LogP contribution < -0.4 is 0 Å². The van der Waals surface area contributed by atoms with E-state index in [9.17, 15) is 19.2 Å². The lowest BCUT2D eigenvalue weighted by atomic mass is 9.88. The van der Waals surface area contributed by atoms with Gasteiger partial charge in [-0.05, 0) is 10.8 Å². The molecule has 0 aliphatic heterocycles. The van der Waals surface area contributed by atoms with Crippen molar-refractivity contribution in [1.82, 2.24) is 0 Å². The molecule has 0 bridgehead atoms. The minimum Gasteiger partial charge on any atom is -0.465 e. The number of fused-ring (bicyclic) bond motifs is 1. The van der Waals surface area contributed by atoms with Crippen molar-refractivity contribution < 1.29 is 38.1 Å². The van der Waals surface area contributed by atoms with Crippen LogP contribution in [-0.2, 0) is 18.9 Å². The second-order valence-corrected chi connectivity index (χ2v) is 5.01. The van der Waals surface area contributed by atoms with Gasteiger partial charge in [0.25, 0.3) is 0 Å². The molecule has 0 spiro atoms. The number of esters is 4. The van der Waals surface area contributed by atoms with Crippen molar-refractivity contribution in [2.24, 2.45) is 0 Å². The van der Waals surface area contributed by atoms with E-state index in [1.165, 1.54) is 12.1 Å². The van der Waals surface area contributed by atoms with Crippen molar-refractivity contribution >= 4 is 34.6 Å². The predicted molar refractivity (Wildman–Crippen MR) is 89.3 cm³/mol. The third-order valence-corrected chi connectivity index (χ3v) is 3.77. The SMILES string of the molecule is COC(=O)c1c(C(=O)OC)c(C(=O)OC)c2ccccc2c1C(=O)OC. The molecule has 2 aromatic carbocycles. The Kier molecular flexibility index (Phi) is 5.56. The van der Waals surface area contributed by atoms with Gasteiger partial charge in [0.1, 0.15) is 0 Å². The lowest BCUT2D eigenvalue weighted by Gasteiger charge is -2.17. The second kappa shape index (κ2) is 7.64. The van der Waals surface area contributed by atoms with Crippen LogP contribution in [0, 0.1) is 0 Å². The molecule has 0 fully saturated rings. The van der Waals surface area contributed by atoms with Crippen molar-refractivity contribution in [2.75, 3.05) is 28.4 Å². The molecule has 0 aromatic heterocycles. The first-order valence-electron chi connectivity index (χ1n) is 7.34. The Morgan fingerprint density at radius 1 is 0.538 bits per heavy atom. The quantitative estimate of drug-likeness (QED) is 0.602. The zero-order valence-electron chi connectivity index (χ0n) is 14.6. The van der Waals surface area contributed by atoms with Gasteiger partial charge < -0.3 is 18.9 Å². The minimum atomic E-state index is -0.998. The van der Waals surface area contributed by atoms with Gasteiger partial charge in [0.15, 0.2) is 0 Å². The van der Waals surface area contributed by atoms with Crippen LogP contribution in [0.15, 0.2) is 24.3 Å². The maximum Gasteiger partial charge on any atom is 0.339 e. The summed E-state index contributed by atoms with van der Waals surface area (Å²) in [7, 11) is 4.42. The first-order valence-corrected chi connectivity index (χ1v) is 7.34. The van der Waals surface area contributed by atoms with Crippen molar-refractivity contribution in [3.8, 4) is 0 Å². The van der Waals surface area contributed by atoms with Crippen LogP contribution in [0.2, 0.25) is 0 Å². The highest BCUT2D eigenvalue weighted by molar-refractivity contribution is 6.24. The van der Waals surface area contributed by atoms with E-state index < -0.39 is 35.0 Å². The summed E-state index contributed by atoms with van der Waals surface area (Å²) >= 11 is 0. The number of hydrogen-bond acceptors (Lipinski definition) is 8. The first kappa shape index (κ1) is 18.9. The van der Waals surface area contributed by atoms with Crippen LogP contribution in [0.5, 0.6) is 0 Å². The molecule has 0 N–H and O–H groups in total.